The molecule has 0 aliphatic carbocycles. The summed E-state index contributed by atoms with van der Waals surface area (Å²) in [4.78, 5) is 37.7. The third-order valence-corrected chi connectivity index (χ3v) is 3.53. The average molecular weight is 327 g/mol. The summed E-state index contributed by atoms with van der Waals surface area (Å²) >= 11 is 0. The van der Waals surface area contributed by atoms with E-state index in [9.17, 15) is 14.4 Å². The van der Waals surface area contributed by atoms with Gasteiger partial charge in [-0.05, 0) is 30.7 Å². The van der Waals surface area contributed by atoms with Gasteiger partial charge in [0, 0.05) is 29.9 Å². The van der Waals surface area contributed by atoms with E-state index in [1.165, 1.54) is 19.2 Å². The Kier molecular flexibility index (Phi) is 5.52. The van der Waals surface area contributed by atoms with Gasteiger partial charge < -0.3 is 15.6 Å². The van der Waals surface area contributed by atoms with E-state index in [-0.39, 0.29) is 23.5 Å². The van der Waals surface area contributed by atoms with Gasteiger partial charge in [0.15, 0.2) is 5.78 Å². The molecule has 0 bridgehead atoms. The SMILES string of the molecule is CC(=O)c1c[nH]c(C(=O)NCc2ccc(NC(=O)C(C)C)cc2)c1. The Bertz CT molecular complexity index is 745. The van der Waals surface area contributed by atoms with Crippen molar-refractivity contribution < 1.29 is 14.4 Å². The molecule has 0 saturated carbocycles. The first kappa shape index (κ1) is 17.5. The highest BCUT2D eigenvalue weighted by atomic mass is 16.2. The molecule has 2 rings (SSSR count). The minimum atomic E-state index is -0.278. The molecule has 1 heterocycles. The molecular formula is C18H21N3O3. The number of ketones is 1. The molecule has 0 fully saturated rings. The summed E-state index contributed by atoms with van der Waals surface area (Å²) in [6.07, 6.45) is 1.52. The number of anilines is 1. The van der Waals surface area contributed by atoms with E-state index < -0.39 is 0 Å². The Hall–Kier alpha value is -2.89. The summed E-state index contributed by atoms with van der Waals surface area (Å²) in [5.41, 5.74) is 2.45. The number of carbonyl (C=O) groups is 3. The van der Waals surface area contributed by atoms with E-state index in [2.05, 4.69) is 15.6 Å². The molecule has 0 aliphatic heterocycles. The molecule has 6 nitrogen and oxygen atoms in total. The van der Waals surface area contributed by atoms with Gasteiger partial charge in [0.05, 0.1) is 0 Å². The Morgan fingerprint density at radius 1 is 1.12 bits per heavy atom. The molecule has 3 N–H and O–H groups in total. The molecule has 126 valence electrons. The van der Waals surface area contributed by atoms with Crippen LogP contribution in [0.4, 0.5) is 5.69 Å². The molecule has 0 spiro atoms. The van der Waals surface area contributed by atoms with Crippen LogP contribution in [0, 0.1) is 5.92 Å². The van der Waals surface area contributed by atoms with Crippen molar-refractivity contribution in [2.24, 2.45) is 5.92 Å². The molecular weight excluding hydrogens is 306 g/mol. The topological polar surface area (TPSA) is 91.1 Å². The van der Waals surface area contributed by atoms with Crippen LogP contribution in [-0.4, -0.2) is 22.6 Å². The number of hydrogen-bond donors (Lipinski definition) is 3. The molecule has 2 amide bonds. The lowest BCUT2D eigenvalue weighted by Gasteiger charge is -2.09. The van der Waals surface area contributed by atoms with Gasteiger partial charge >= 0.3 is 0 Å². The van der Waals surface area contributed by atoms with Crippen LogP contribution in [-0.2, 0) is 11.3 Å². The summed E-state index contributed by atoms with van der Waals surface area (Å²) in [6.45, 7) is 5.46. The van der Waals surface area contributed by atoms with Gasteiger partial charge in [-0.3, -0.25) is 14.4 Å². The molecule has 0 radical (unpaired) electrons. The van der Waals surface area contributed by atoms with Crippen molar-refractivity contribution in [1.82, 2.24) is 10.3 Å². The molecule has 1 aromatic heterocycles. The van der Waals surface area contributed by atoms with Gasteiger partial charge in [0.2, 0.25) is 5.91 Å². The first-order chi connectivity index (χ1) is 11.4. The summed E-state index contributed by atoms with van der Waals surface area (Å²) < 4.78 is 0. The highest BCUT2D eigenvalue weighted by Gasteiger charge is 2.10. The monoisotopic (exact) mass is 327 g/mol. The van der Waals surface area contributed by atoms with E-state index in [0.717, 1.165) is 11.3 Å². The summed E-state index contributed by atoms with van der Waals surface area (Å²) in [5.74, 6) is -0.488. The average Bonchev–Trinajstić information content (AvgIpc) is 3.04. The summed E-state index contributed by atoms with van der Waals surface area (Å²) in [7, 11) is 0. The highest BCUT2D eigenvalue weighted by Crippen LogP contribution is 2.11. The first-order valence-electron chi connectivity index (χ1n) is 7.74. The number of hydrogen-bond acceptors (Lipinski definition) is 3. The van der Waals surface area contributed by atoms with Crippen molar-refractivity contribution >= 4 is 23.3 Å². The van der Waals surface area contributed by atoms with E-state index in [1.807, 2.05) is 26.0 Å². The van der Waals surface area contributed by atoms with Gasteiger partial charge in [-0.25, -0.2) is 0 Å². The Balaban J connectivity index is 1.90. The summed E-state index contributed by atoms with van der Waals surface area (Å²) in [5, 5.41) is 5.59. The largest absolute Gasteiger partial charge is 0.356 e. The second kappa shape index (κ2) is 7.59. The molecule has 6 heteroatoms. The lowest BCUT2D eigenvalue weighted by Crippen LogP contribution is -2.23. The van der Waals surface area contributed by atoms with Crippen LogP contribution in [0.1, 0.15) is 47.2 Å². The van der Waals surface area contributed by atoms with Crippen molar-refractivity contribution in [1.29, 1.82) is 0 Å². The maximum Gasteiger partial charge on any atom is 0.267 e. The number of aromatic nitrogens is 1. The second-order valence-electron chi connectivity index (χ2n) is 5.88. The third kappa shape index (κ3) is 4.55. The quantitative estimate of drug-likeness (QED) is 0.712. The molecule has 24 heavy (non-hydrogen) atoms. The zero-order valence-electron chi connectivity index (χ0n) is 14.0. The number of benzene rings is 1. The standard InChI is InChI=1S/C18H21N3O3/c1-11(2)17(23)21-15-6-4-13(5-7-15)9-20-18(24)16-8-14(10-19-16)12(3)22/h4-8,10-11,19H,9H2,1-3H3,(H,20,24)(H,21,23). The maximum atomic E-state index is 12.0. The van der Waals surface area contributed by atoms with Crippen LogP contribution >= 0.6 is 0 Å². The van der Waals surface area contributed by atoms with E-state index in [1.54, 1.807) is 12.1 Å². The van der Waals surface area contributed by atoms with Crippen LogP contribution < -0.4 is 10.6 Å². The minimum Gasteiger partial charge on any atom is -0.356 e. The van der Waals surface area contributed by atoms with Crippen LogP contribution in [0.25, 0.3) is 0 Å². The van der Waals surface area contributed by atoms with Gasteiger partial charge in [0.1, 0.15) is 5.69 Å². The predicted octanol–water partition coefficient (Wildman–Crippen LogP) is 2.74. The van der Waals surface area contributed by atoms with Gasteiger partial charge in [0.25, 0.3) is 5.91 Å². The van der Waals surface area contributed by atoms with Crippen molar-refractivity contribution in [2.75, 3.05) is 5.32 Å². The Morgan fingerprint density at radius 3 is 2.33 bits per heavy atom. The molecule has 0 unspecified atom stereocenters. The van der Waals surface area contributed by atoms with Crippen molar-refractivity contribution in [3.63, 3.8) is 0 Å². The Labute approximate surface area is 140 Å². The number of amides is 2. The first-order valence-corrected chi connectivity index (χ1v) is 7.74. The van der Waals surface area contributed by atoms with E-state index >= 15 is 0 Å². The Morgan fingerprint density at radius 2 is 1.79 bits per heavy atom. The number of aromatic amines is 1. The molecule has 2 aromatic rings. The van der Waals surface area contributed by atoms with Gasteiger partial charge in [-0.1, -0.05) is 26.0 Å². The van der Waals surface area contributed by atoms with Gasteiger partial charge in [-0.15, -0.1) is 0 Å². The van der Waals surface area contributed by atoms with Crippen molar-refractivity contribution in [3.8, 4) is 0 Å². The number of Topliss-reactive ketones (excluding diaryl/α,β-unsaturated/α-hetero) is 1. The lowest BCUT2D eigenvalue weighted by atomic mass is 10.1. The number of H-pyrrole nitrogens is 1. The van der Waals surface area contributed by atoms with E-state index in [4.69, 9.17) is 0 Å². The fourth-order valence-electron chi connectivity index (χ4n) is 2.00. The fraction of sp³-hybridized carbons (Fsp3) is 0.278. The highest BCUT2D eigenvalue weighted by molar-refractivity contribution is 5.99. The molecule has 0 atom stereocenters. The second-order valence-corrected chi connectivity index (χ2v) is 5.88. The molecule has 0 saturated heterocycles. The predicted molar refractivity (Wildman–Crippen MR) is 91.9 cm³/mol. The number of rotatable bonds is 6. The van der Waals surface area contributed by atoms with Crippen LogP contribution in [0.15, 0.2) is 36.5 Å². The zero-order valence-corrected chi connectivity index (χ0v) is 14.0. The molecule has 1 aromatic carbocycles. The number of carbonyl (C=O) groups excluding carboxylic acids is 3. The summed E-state index contributed by atoms with van der Waals surface area (Å²) in [6, 6.07) is 8.80. The normalized spacial score (nSPS) is 10.5. The van der Waals surface area contributed by atoms with Crippen LogP contribution in [0.2, 0.25) is 0 Å². The third-order valence-electron chi connectivity index (χ3n) is 3.53. The number of nitrogens with one attached hydrogen (secondary N) is 3. The maximum absolute atomic E-state index is 12.0. The van der Waals surface area contributed by atoms with Gasteiger partial charge in [-0.2, -0.15) is 0 Å². The van der Waals surface area contributed by atoms with E-state index in [0.29, 0.717) is 17.8 Å². The van der Waals surface area contributed by atoms with Crippen LogP contribution in [0.3, 0.4) is 0 Å². The zero-order chi connectivity index (χ0) is 17.7. The van der Waals surface area contributed by atoms with Crippen molar-refractivity contribution in [2.45, 2.75) is 27.3 Å². The van der Waals surface area contributed by atoms with Crippen molar-refractivity contribution in [3.05, 3.63) is 53.3 Å². The lowest BCUT2D eigenvalue weighted by molar-refractivity contribution is -0.118. The van der Waals surface area contributed by atoms with Crippen LogP contribution in [0.5, 0.6) is 0 Å². The minimum absolute atomic E-state index is 0.0379. The molecule has 0 aliphatic rings. The fourth-order valence-corrected chi connectivity index (χ4v) is 2.00. The smallest absolute Gasteiger partial charge is 0.267 e.